The van der Waals surface area contributed by atoms with Crippen LogP contribution in [0.15, 0.2) is 53.9 Å². The molecule has 0 fully saturated rings. The largest absolute Gasteiger partial charge is 0.321 e. The molecule has 2 amide bonds. The molecule has 0 aliphatic carbocycles. The van der Waals surface area contributed by atoms with Gasteiger partial charge in [-0.05, 0) is 35.4 Å². The minimum Gasteiger partial charge on any atom is -0.321 e. The van der Waals surface area contributed by atoms with E-state index in [4.69, 9.17) is 0 Å². The highest BCUT2D eigenvalue weighted by molar-refractivity contribution is 6.46. The molecule has 6 heteroatoms. The van der Waals surface area contributed by atoms with Crippen LogP contribution in [0.5, 0.6) is 0 Å². The fourth-order valence-electron chi connectivity index (χ4n) is 1.99. The number of rotatable bonds is 3. The predicted molar refractivity (Wildman–Crippen MR) is 78.5 cm³/mol. The molecule has 1 aromatic heterocycles. The standard InChI is InChI=1S/C15H12N4O2/c20-14-9-13(18-19-14)15(21)17-12-3-1-10(2-4-12)11-5-7-16-8-6-11/h1-8H,9H2,(H,17,21)(H,19,20). The van der Waals surface area contributed by atoms with E-state index in [1.807, 2.05) is 24.3 Å². The highest BCUT2D eigenvalue weighted by atomic mass is 16.2. The van der Waals surface area contributed by atoms with Crippen LogP contribution < -0.4 is 10.7 Å². The zero-order chi connectivity index (χ0) is 14.7. The van der Waals surface area contributed by atoms with E-state index in [1.54, 1.807) is 24.5 Å². The topological polar surface area (TPSA) is 83.5 Å². The first-order valence-corrected chi connectivity index (χ1v) is 6.39. The molecule has 1 aliphatic heterocycles. The van der Waals surface area contributed by atoms with Crippen molar-refractivity contribution in [3.8, 4) is 11.1 Å². The highest BCUT2D eigenvalue weighted by Crippen LogP contribution is 2.20. The number of carbonyl (C=O) groups is 2. The molecule has 0 saturated heterocycles. The second-order valence-corrected chi connectivity index (χ2v) is 4.54. The molecular formula is C15H12N4O2. The van der Waals surface area contributed by atoms with Crippen LogP contribution >= 0.6 is 0 Å². The molecule has 0 radical (unpaired) electrons. The molecule has 0 atom stereocenters. The quantitative estimate of drug-likeness (QED) is 0.895. The third-order valence-electron chi connectivity index (χ3n) is 3.06. The molecule has 0 bridgehead atoms. The van der Waals surface area contributed by atoms with E-state index >= 15 is 0 Å². The van der Waals surface area contributed by atoms with Crippen molar-refractivity contribution in [2.75, 3.05) is 5.32 Å². The summed E-state index contributed by atoms with van der Waals surface area (Å²) in [6.07, 6.45) is 3.47. The Morgan fingerprint density at radius 1 is 1.05 bits per heavy atom. The number of hydrazone groups is 1. The molecule has 0 saturated carbocycles. The number of benzene rings is 1. The fraction of sp³-hybridized carbons (Fsp3) is 0.0667. The first-order chi connectivity index (χ1) is 10.2. The van der Waals surface area contributed by atoms with Crippen LogP contribution in [-0.2, 0) is 9.59 Å². The summed E-state index contributed by atoms with van der Waals surface area (Å²) in [6, 6.07) is 11.3. The Balaban J connectivity index is 1.70. The summed E-state index contributed by atoms with van der Waals surface area (Å²) in [5.74, 6) is -0.641. The van der Waals surface area contributed by atoms with Crippen LogP contribution in [0.2, 0.25) is 0 Å². The first kappa shape index (κ1) is 13.0. The number of hydrogen-bond acceptors (Lipinski definition) is 4. The fourth-order valence-corrected chi connectivity index (χ4v) is 1.99. The first-order valence-electron chi connectivity index (χ1n) is 6.39. The van der Waals surface area contributed by atoms with Gasteiger partial charge in [0.2, 0.25) is 5.91 Å². The van der Waals surface area contributed by atoms with Crippen molar-refractivity contribution in [1.82, 2.24) is 10.4 Å². The molecule has 6 nitrogen and oxygen atoms in total. The van der Waals surface area contributed by atoms with Gasteiger partial charge in [0.05, 0.1) is 6.42 Å². The summed E-state index contributed by atoms with van der Waals surface area (Å²) < 4.78 is 0. The molecular weight excluding hydrogens is 268 g/mol. The number of pyridine rings is 1. The summed E-state index contributed by atoms with van der Waals surface area (Å²) in [4.78, 5) is 26.8. The Hall–Kier alpha value is -3.02. The molecule has 1 aliphatic rings. The molecule has 3 rings (SSSR count). The summed E-state index contributed by atoms with van der Waals surface area (Å²) in [7, 11) is 0. The van der Waals surface area contributed by atoms with Crippen LogP contribution in [0.4, 0.5) is 5.69 Å². The number of aromatic nitrogens is 1. The molecule has 0 unspecified atom stereocenters. The lowest BCUT2D eigenvalue weighted by molar-refractivity contribution is -0.119. The van der Waals surface area contributed by atoms with Crippen molar-refractivity contribution in [3.05, 3.63) is 48.8 Å². The molecule has 2 N–H and O–H groups in total. The van der Waals surface area contributed by atoms with Crippen LogP contribution in [-0.4, -0.2) is 22.5 Å². The number of amides is 2. The number of hydrogen-bond donors (Lipinski definition) is 2. The average Bonchev–Trinajstić information content (AvgIpc) is 2.96. The Morgan fingerprint density at radius 3 is 2.33 bits per heavy atom. The normalized spacial score (nSPS) is 13.5. The summed E-state index contributed by atoms with van der Waals surface area (Å²) in [6.45, 7) is 0. The van der Waals surface area contributed by atoms with Gasteiger partial charge in [-0.15, -0.1) is 0 Å². The van der Waals surface area contributed by atoms with Gasteiger partial charge in [-0.25, -0.2) is 5.43 Å². The summed E-state index contributed by atoms with van der Waals surface area (Å²) in [5, 5.41) is 6.38. The Morgan fingerprint density at radius 2 is 1.71 bits per heavy atom. The zero-order valence-electron chi connectivity index (χ0n) is 11.0. The molecule has 0 spiro atoms. The minimum absolute atomic E-state index is 0.0148. The van der Waals surface area contributed by atoms with Crippen LogP contribution in [0.3, 0.4) is 0 Å². The summed E-state index contributed by atoms with van der Waals surface area (Å²) in [5.41, 5.74) is 5.18. The van der Waals surface area contributed by atoms with Crippen molar-refractivity contribution in [2.24, 2.45) is 5.10 Å². The second-order valence-electron chi connectivity index (χ2n) is 4.54. The van der Waals surface area contributed by atoms with E-state index in [9.17, 15) is 9.59 Å². The van der Waals surface area contributed by atoms with Gasteiger partial charge in [-0.1, -0.05) is 12.1 Å². The van der Waals surface area contributed by atoms with Gasteiger partial charge in [-0.3, -0.25) is 14.6 Å². The maximum absolute atomic E-state index is 11.9. The molecule has 1 aromatic carbocycles. The highest BCUT2D eigenvalue weighted by Gasteiger charge is 2.21. The van der Waals surface area contributed by atoms with Gasteiger partial charge in [0.25, 0.3) is 5.91 Å². The van der Waals surface area contributed by atoms with Gasteiger partial charge >= 0.3 is 0 Å². The van der Waals surface area contributed by atoms with Gasteiger partial charge in [0, 0.05) is 18.1 Å². The van der Waals surface area contributed by atoms with Gasteiger partial charge in [0.1, 0.15) is 5.71 Å². The van der Waals surface area contributed by atoms with Crippen molar-refractivity contribution >= 4 is 23.2 Å². The Kier molecular flexibility index (Phi) is 3.42. The molecule has 21 heavy (non-hydrogen) atoms. The van der Waals surface area contributed by atoms with Crippen molar-refractivity contribution < 1.29 is 9.59 Å². The molecule has 2 aromatic rings. The van der Waals surface area contributed by atoms with Gasteiger partial charge in [-0.2, -0.15) is 5.10 Å². The summed E-state index contributed by atoms with van der Waals surface area (Å²) >= 11 is 0. The number of anilines is 1. The van der Waals surface area contributed by atoms with E-state index in [0.717, 1.165) is 11.1 Å². The van der Waals surface area contributed by atoms with Crippen molar-refractivity contribution in [1.29, 1.82) is 0 Å². The number of nitrogens with zero attached hydrogens (tertiary/aromatic N) is 2. The maximum atomic E-state index is 11.9. The van der Waals surface area contributed by atoms with Crippen LogP contribution in [0.1, 0.15) is 6.42 Å². The number of carbonyl (C=O) groups excluding carboxylic acids is 2. The number of nitrogens with one attached hydrogen (secondary N) is 2. The van der Waals surface area contributed by atoms with Crippen LogP contribution in [0, 0.1) is 0 Å². The van der Waals surface area contributed by atoms with Crippen LogP contribution in [0.25, 0.3) is 11.1 Å². The molecule has 2 heterocycles. The van der Waals surface area contributed by atoms with Gasteiger partial charge in [0.15, 0.2) is 0 Å². The Labute approximate surface area is 120 Å². The smallest absolute Gasteiger partial charge is 0.272 e. The second kappa shape index (κ2) is 5.54. The SMILES string of the molecule is O=C1CC(C(=O)Nc2ccc(-c3ccncc3)cc2)=NN1. The average molecular weight is 280 g/mol. The lowest BCUT2D eigenvalue weighted by Gasteiger charge is -2.06. The predicted octanol–water partition coefficient (Wildman–Crippen LogP) is 1.56. The van der Waals surface area contributed by atoms with Gasteiger partial charge < -0.3 is 5.32 Å². The van der Waals surface area contributed by atoms with E-state index < -0.39 is 0 Å². The Bertz CT molecular complexity index is 708. The zero-order valence-corrected chi connectivity index (χ0v) is 11.0. The third kappa shape index (κ3) is 2.94. The lowest BCUT2D eigenvalue weighted by Crippen LogP contribution is -2.22. The van der Waals surface area contributed by atoms with E-state index in [0.29, 0.717) is 5.69 Å². The van der Waals surface area contributed by atoms with Crippen molar-refractivity contribution in [3.63, 3.8) is 0 Å². The van der Waals surface area contributed by atoms with E-state index in [2.05, 4.69) is 20.8 Å². The minimum atomic E-state index is -0.370. The lowest BCUT2D eigenvalue weighted by atomic mass is 10.1. The maximum Gasteiger partial charge on any atom is 0.272 e. The molecule has 104 valence electrons. The monoisotopic (exact) mass is 280 g/mol. The van der Waals surface area contributed by atoms with Crippen molar-refractivity contribution in [2.45, 2.75) is 6.42 Å². The van der Waals surface area contributed by atoms with E-state index in [-0.39, 0.29) is 23.9 Å². The third-order valence-corrected chi connectivity index (χ3v) is 3.06. The van der Waals surface area contributed by atoms with E-state index in [1.165, 1.54) is 0 Å².